The SMILES string of the molecule is CCC(C)N(CCOC)C[C@@H]1CCCN1. The van der Waals surface area contributed by atoms with Crippen LogP contribution in [0.2, 0.25) is 0 Å². The van der Waals surface area contributed by atoms with Gasteiger partial charge in [0.15, 0.2) is 0 Å². The Balaban J connectivity index is 2.32. The van der Waals surface area contributed by atoms with Crippen molar-refractivity contribution in [2.24, 2.45) is 0 Å². The van der Waals surface area contributed by atoms with Gasteiger partial charge >= 0.3 is 0 Å². The van der Waals surface area contributed by atoms with Gasteiger partial charge in [-0.2, -0.15) is 0 Å². The van der Waals surface area contributed by atoms with Crippen LogP contribution in [0.4, 0.5) is 0 Å². The van der Waals surface area contributed by atoms with Gasteiger partial charge in [-0.15, -0.1) is 0 Å². The van der Waals surface area contributed by atoms with Crippen molar-refractivity contribution in [3.05, 3.63) is 0 Å². The van der Waals surface area contributed by atoms with Gasteiger partial charge in [0, 0.05) is 32.3 Å². The Morgan fingerprint density at radius 1 is 1.53 bits per heavy atom. The summed E-state index contributed by atoms with van der Waals surface area (Å²) in [5.74, 6) is 0. The minimum absolute atomic E-state index is 0.669. The molecule has 3 heteroatoms. The molecule has 1 aliphatic rings. The molecule has 0 aromatic rings. The van der Waals surface area contributed by atoms with E-state index < -0.39 is 0 Å². The van der Waals surface area contributed by atoms with Crippen LogP contribution in [0.15, 0.2) is 0 Å². The normalized spacial score (nSPS) is 23.6. The molecule has 3 nitrogen and oxygen atoms in total. The highest BCUT2D eigenvalue weighted by atomic mass is 16.5. The van der Waals surface area contributed by atoms with E-state index in [-0.39, 0.29) is 0 Å². The fraction of sp³-hybridized carbons (Fsp3) is 1.00. The Hall–Kier alpha value is -0.120. The first-order valence-corrected chi connectivity index (χ1v) is 6.24. The van der Waals surface area contributed by atoms with E-state index in [9.17, 15) is 0 Å². The summed E-state index contributed by atoms with van der Waals surface area (Å²) >= 11 is 0. The van der Waals surface area contributed by atoms with Crippen molar-refractivity contribution in [1.82, 2.24) is 10.2 Å². The average molecular weight is 214 g/mol. The summed E-state index contributed by atoms with van der Waals surface area (Å²) in [4.78, 5) is 2.55. The lowest BCUT2D eigenvalue weighted by atomic mass is 10.1. The van der Waals surface area contributed by atoms with Crippen LogP contribution in [0, 0.1) is 0 Å². The fourth-order valence-electron chi connectivity index (χ4n) is 2.15. The zero-order chi connectivity index (χ0) is 11.1. The van der Waals surface area contributed by atoms with Crippen LogP contribution < -0.4 is 5.32 Å². The summed E-state index contributed by atoms with van der Waals surface area (Å²) in [7, 11) is 1.78. The zero-order valence-electron chi connectivity index (χ0n) is 10.5. The third-order valence-electron chi connectivity index (χ3n) is 3.41. The van der Waals surface area contributed by atoms with Crippen molar-refractivity contribution in [1.29, 1.82) is 0 Å². The molecule has 0 aliphatic carbocycles. The summed E-state index contributed by atoms with van der Waals surface area (Å²) in [6.45, 7) is 8.85. The second-order valence-corrected chi connectivity index (χ2v) is 4.54. The van der Waals surface area contributed by atoms with E-state index in [0.717, 1.165) is 13.2 Å². The van der Waals surface area contributed by atoms with Gasteiger partial charge in [0.25, 0.3) is 0 Å². The van der Waals surface area contributed by atoms with Crippen LogP contribution in [0.5, 0.6) is 0 Å². The first-order chi connectivity index (χ1) is 7.27. The Bertz CT molecular complexity index is 158. The molecule has 0 amide bonds. The molecule has 0 saturated carbocycles. The lowest BCUT2D eigenvalue weighted by Crippen LogP contribution is -2.43. The molecule has 0 aromatic heterocycles. The molecule has 2 atom stereocenters. The molecule has 1 fully saturated rings. The van der Waals surface area contributed by atoms with E-state index in [1.165, 1.54) is 32.4 Å². The largest absolute Gasteiger partial charge is 0.383 e. The maximum Gasteiger partial charge on any atom is 0.0589 e. The van der Waals surface area contributed by atoms with Crippen LogP contribution in [0.3, 0.4) is 0 Å². The highest BCUT2D eigenvalue weighted by Crippen LogP contribution is 2.10. The molecule has 0 bridgehead atoms. The Kier molecular flexibility index (Phi) is 6.22. The molecule has 1 unspecified atom stereocenters. The highest BCUT2D eigenvalue weighted by Gasteiger charge is 2.20. The van der Waals surface area contributed by atoms with E-state index in [0.29, 0.717) is 12.1 Å². The van der Waals surface area contributed by atoms with Crippen LogP contribution in [0.25, 0.3) is 0 Å². The number of nitrogens with one attached hydrogen (secondary N) is 1. The van der Waals surface area contributed by atoms with E-state index in [1.54, 1.807) is 7.11 Å². The van der Waals surface area contributed by atoms with Gasteiger partial charge in [-0.05, 0) is 32.7 Å². The number of hydrogen-bond acceptors (Lipinski definition) is 3. The lowest BCUT2D eigenvalue weighted by molar-refractivity contribution is 0.116. The van der Waals surface area contributed by atoms with E-state index in [1.807, 2.05) is 0 Å². The van der Waals surface area contributed by atoms with Crippen LogP contribution >= 0.6 is 0 Å². The van der Waals surface area contributed by atoms with Crippen LogP contribution in [0.1, 0.15) is 33.1 Å². The number of methoxy groups -OCH3 is 1. The van der Waals surface area contributed by atoms with Crippen molar-refractivity contribution in [3.8, 4) is 0 Å². The van der Waals surface area contributed by atoms with Crippen molar-refractivity contribution in [3.63, 3.8) is 0 Å². The second kappa shape index (κ2) is 7.20. The number of hydrogen-bond donors (Lipinski definition) is 1. The zero-order valence-corrected chi connectivity index (χ0v) is 10.5. The van der Waals surface area contributed by atoms with Crippen LogP contribution in [-0.4, -0.2) is 50.3 Å². The summed E-state index contributed by atoms with van der Waals surface area (Å²) in [6, 6.07) is 1.37. The molecule has 90 valence electrons. The van der Waals surface area contributed by atoms with Crippen molar-refractivity contribution in [2.75, 3.05) is 33.4 Å². The third kappa shape index (κ3) is 4.49. The topological polar surface area (TPSA) is 24.5 Å². The summed E-state index contributed by atoms with van der Waals surface area (Å²) < 4.78 is 5.17. The molecule has 0 radical (unpaired) electrons. The van der Waals surface area contributed by atoms with Gasteiger partial charge in [-0.1, -0.05) is 6.92 Å². The minimum atomic E-state index is 0.669. The molecule has 1 saturated heterocycles. The van der Waals surface area contributed by atoms with E-state index >= 15 is 0 Å². The monoisotopic (exact) mass is 214 g/mol. The molecule has 1 aliphatic heterocycles. The molecule has 1 N–H and O–H groups in total. The van der Waals surface area contributed by atoms with E-state index in [2.05, 4.69) is 24.1 Å². The molecule has 1 rings (SSSR count). The van der Waals surface area contributed by atoms with Crippen molar-refractivity contribution < 1.29 is 4.74 Å². The van der Waals surface area contributed by atoms with Crippen molar-refractivity contribution >= 4 is 0 Å². The molecule has 15 heavy (non-hydrogen) atoms. The Morgan fingerprint density at radius 2 is 2.33 bits per heavy atom. The maximum absolute atomic E-state index is 5.17. The predicted octanol–water partition coefficient (Wildman–Crippen LogP) is 1.49. The first kappa shape index (κ1) is 12.9. The average Bonchev–Trinajstić information content (AvgIpc) is 2.75. The minimum Gasteiger partial charge on any atom is -0.383 e. The molecular weight excluding hydrogens is 188 g/mol. The molecule has 0 aromatic carbocycles. The third-order valence-corrected chi connectivity index (χ3v) is 3.41. The number of rotatable bonds is 7. The van der Waals surface area contributed by atoms with Gasteiger partial charge in [-0.3, -0.25) is 4.90 Å². The second-order valence-electron chi connectivity index (χ2n) is 4.54. The fourth-order valence-corrected chi connectivity index (χ4v) is 2.15. The van der Waals surface area contributed by atoms with Gasteiger partial charge in [0.05, 0.1) is 6.61 Å². The Morgan fingerprint density at radius 3 is 2.87 bits per heavy atom. The first-order valence-electron chi connectivity index (χ1n) is 6.24. The molecule has 0 spiro atoms. The summed E-state index contributed by atoms with van der Waals surface area (Å²) in [6.07, 6.45) is 3.89. The van der Waals surface area contributed by atoms with Crippen LogP contribution in [-0.2, 0) is 4.74 Å². The summed E-state index contributed by atoms with van der Waals surface area (Å²) in [5.41, 5.74) is 0. The quantitative estimate of drug-likeness (QED) is 0.695. The maximum atomic E-state index is 5.17. The summed E-state index contributed by atoms with van der Waals surface area (Å²) in [5, 5.41) is 3.56. The molecular formula is C12H26N2O. The Labute approximate surface area is 94.2 Å². The van der Waals surface area contributed by atoms with Gasteiger partial charge < -0.3 is 10.1 Å². The number of ether oxygens (including phenoxy) is 1. The standard InChI is InChI=1S/C12H26N2O/c1-4-11(2)14(8-9-15-3)10-12-6-5-7-13-12/h11-13H,4-10H2,1-3H3/t11?,12-/m0/s1. The van der Waals surface area contributed by atoms with Gasteiger partial charge in [0.2, 0.25) is 0 Å². The predicted molar refractivity (Wildman–Crippen MR) is 64.2 cm³/mol. The smallest absolute Gasteiger partial charge is 0.0589 e. The lowest BCUT2D eigenvalue weighted by Gasteiger charge is -2.30. The number of nitrogens with zero attached hydrogens (tertiary/aromatic N) is 1. The van der Waals surface area contributed by atoms with Crippen molar-refractivity contribution in [2.45, 2.75) is 45.2 Å². The van der Waals surface area contributed by atoms with E-state index in [4.69, 9.17) is 4.74 Å². The van der Waals surface area contributed by atoms with Gasteiger partial charge in [-0.25, -0.2) is 0 Å². The van der Waals surface area contributed by atoms with Gasteiger partial charge in [0.1, 0.15) is 0 Å². The highest BCUT2D eigenvalue weighted by molar-refractivity contribution is 4.79. The molecule has 1 heterocycles.